The minimum Gasteiger partial charge on any atom is -0.496 e. The highest BCUT2D eigenvalue weighted by atomic mass is 16.5. The fraction of sp³-hybridized carbons (Fsp3) is 0.562. The summed E-state index contributed by atoms with van der Waals surface area (Å²) in [6, 6.07) is 5.48. The molecular formula is C16H23NO3. The number of amides is 1. The van der Waals surface area contributed by atoms with E-state index in [0.29, 0.717) is 11.3 Å². The lowest BCUT2D eigenvalue weighted by atomic mass is 9.91. The standard InChI is InChI=1S/C16H23NO3/c1-11-8-9-15(20-3)12(10-11)16(19)17(2)13-6-4-5-7-14(13)18/h8-10,13-14,18H,4-7H2,1-3H3. The number of carbonyl (C=O) groups excluding carboxylic acids is 1. The first-order valence-corrected chi connectivity index (χ1v) is 7.14. The SMILES string of the molecule is COc1ccc(C)cc1C(=O)N(C)C1CCCCC1O. The van der Waals surface area contributed by atoms with Crippen LogP contribution in [0.5, 0.6) is 5.75 Å². The van der Waals surface area contributed by atoms with E-state index in [4.69, 9.17) is 4.74 Å². The van der Waals surface area contributed by atoms with Gasteiger partial charge in [0.1, 0.15) is 5.75 Å². The van der Waals surface area contributed by atoms with Gasteiger partial charge in [-0.2, -0.15) is 0 Å². The summed E-state index contributed by atoms with van der Waals surface area (Å²) < 4.78 is 5.28. The molecule has 4 nitrogen and oxygen atoms in total. The lowest BCUT2D eigenvalue weighted by Crippen LogP contribution is -2.46. The molecule has 1 N–H and O–H groups in total. The number of benzene rings is 1. The zero-order chi connectivity index (χ0) is 14.7. The maximum Gasteiger partial charge on any atom is 0.257 e. The zero-order valence-corrected chi connectivity index (χ0v) is 12.4. The molecule has 1 aliphatic carbocycles. The number of aryl methyl sites for hydroxylation is 1. The Morgan fingerprint density at radius 1 is 1.35 bits per heavy atom. The van der Waals surface area contributed by atoms with Gasteiger partial charge in [0.25, 0.3) is 5.91 Å². The summed E-state index contributed by atoms with van der Waals surface area (Å²) in [5.74, 6) is 0.495. The Labute approximate surface area is 120 Å². The van der Waals surface area contributed by atoms with E-state index in [1.807, 2.05) is 25.1 Å². The monoisotopic (exact) mass is 277 g/mol. The molecule has 0 heterocycles. The second kappa shape index (κ2) is 6.27. The van der Waals surface area contributed by atoms with Gasteiger partial charge in [-0.3, -0.25) is 4.79 Å². The molecule has 0 spiro atoms. The lowest BCUT2D eigenvalue weighted by molar-refractivity contribution is 0.0266. The van der Waals surface area contributed by atoms with E-state index >= 15 is 0 Å². The summed E-state index contributed by atoms with van der Waals surface area (Å²) in [4.78, 5) is 14.3. The Balaban J connectivity index is 2.23. The average Bonchev–Trinajstić information content (AvgIpc) is 2.46. The van der Waals surface area contributed by atoms with Crippen LogP contribution in [0.3, 0.4) is 0 Å². The van der Waals surface area contributed by atoms with Gasteiger partial charge in [0.2, 0.25) is 0 Å². The van der Waals surface area contributed by atoms with E-state index in [1.54, 1.807) is 19.1 Å². The molecular weight excluding hydrogens is 254 g/mol. The van der Waals surface area contributed by atoms with Crippen molar-refractivity contribution < 1.29 is 14.6 Å². The van der Waals surface area contributed by atoms with Gasteiger partial charge >= 0.3 is 0 Å². The van der Waals surface area contributed by atoms with E-state index in [9.17, 15) is 9.90 Å². The van der Waals surface area contributed by atoms with Crippen LogP contribution >= 0.6 is 0 Å². The smallest absolute Gasteiger partial charge is 0.257 e. The van der Waals surface area contributed by atoms with Crippen molar-refractivity contribution >= 4 is 5.91 Å². The van der Waals surface area contributed by atoms with Crippen molar-refractivity contribution in [3.63, 3.8) is 0 Å². The van der Waals surface area contributed by atoms with Crippen molar-refractivity contribution in [1.82, 2.24) is 4.90 Å². The fourth-order valence-electron chi connectivity index (χ4n) is 2.87. The van der Waals surface area contributed by atoms with Crippen molar-refractivity contribution in [2.75, 3.05) is 14.2 Å². The Kier molecular flexibility index (Phi) is 4.65. The van der Waals surface area contributed by atoms with Gasteiger partial charge in [-0.15, -0.1) is 0 Å². The predicted molar refractivity (Wildman–Crippen MR) is 78.1 cm³/mol. The molecule has 1 fully saturated rings. The van der Waals surface area contributed by atoms with Gasteiger partial charge < -0.3 is 14.7 Å². The Hall–Kier alpha value is -1.55. The van der Waals surface area contributed by atoms with Crippen LogP contribution in [-0.2, 0) is 0 Å². The van der Waals surface area contributed by atoms with Crippen molar-refractivity contribution in [2.45, 2.75) is 44.8 Å². The number of nitrogens with zero attached hydrogens (tertiary/aromatic N) is 1. The highest BCUT2D eigenvalue weighted by Gasteiger charge is 2.30. The van der Waals surface area contributed by atoms with Crippen molar-refractivity contribution in [1.29, 1.82) is 0 Å². The minimum absolute atomic E-state index is 0.0866. The van der Waals surface area contributed by atoms with E-state index in [-0.39, 0.29) is 11.9 Å². The third kappa shape index (κ3) is 2.96. The number of hydrogen-bond acceptors (Lipinski definition) is 3. The first-order chi connectivity index (χ1) is 9.54. The summed E-state index contributed by atoms with van der Waals surface area (Å²) in [5, 5.41) is 10.1. The third-order valence-corrected chi connectivity index (χ3v) is 4.10. The van der Waals surface area contributed by atoms with Gasteiger partial charge in [0, 0.05) is 7.05 Å². The fourth-order valence-corrected chi connectivity index (χ4v) is 2.87. The van der Waals surface area contributed by atoms with Gasteiger partial charge in [-0.05, 0) is 31.9 Å². The topological polar surface area (TPSA) is 49.8 Å². The molecule has 0 bridgehead atoms. The van der Waals surface area contributed by atoms with Crippen LogP contribution in [0.4, 0.5) is 0 Å². The number of rotatable bonds is 3. The molecule has 0 aromatic heterocycles. The molecule has 1 aromatic carbocycles. The number of aliphatic hydroxyl groups excluding tert-OH is 1. The van der Waals surface area contributed by atoms with Crippen molar-refractivity contribution in [2.24, 2.45) is 0 Å². The maximum absolute atomic E-state index is 12.7. The number of aliphatic hydroxyl groups is 1. The molecule has 0 radical (unpaired) electrons. The lowest BCUT2D eigenvalue weighted by Gasteiger charge is -2.35. The Morgan fingerprint density at radius 3 is 2.70 bits per heavy atom. The van der Waals surface area contributed by atoms with Crippen molar-refractivity contribution in [3.05, 3.63) is 29.3 Å². The summed E-state index contributed by atoms with van der Waals surface area (Å²) in [6.45, 7) is 1.95. The van der Waals surface area contributed by atoms with Gasteiger partial charge in [-0.25, -0.2) is 0 Å². The number of likely N-dealkylation sites (N-methyl/N-ethyl adjacent to an activating group) is 1. The quantitative estimate of drug-likeness (QED) is 0.923. The van der Waals surface area contributed by atoms with Crippen LogP contribution in [0.15, 0.2) is 18.2 Å². The normalized spacial score (nSPS) is 22.4. The summed E-state index contributed by atoms with van der Waals surface area (Å²) >= 11 is 0. The van der Waals surface area contributed by atoms with Crippen LogP contribution in [0.25, 0.3) is 0 Å². The molecule has 2 unspecified atom stereocenters. The van der Waals surface area contributed by atoms with Crippen LogP contribution < -0.4 is 4.74 Å². The number of ether oxygens (including phenoxy) is 1. The summed E-state index contributed by atoms with van der Waals surface area (Å²) in [6.07, 6.45) is 3.30. The van der Waals surface area contributed by atoms with Gasteiger partial charge in [-0.1, -0.05) is 24.5 Å². The molecule has 1 amide bonds. The number of carbonyl (C=O) groups is 1. The average molecular weight is 277 g/mol. The van der Waals surface area contributed by atoms with Gasteiger partial charge in [0.15, 0.2) is 0 Å². The van der Waals surface area contributed by atoms with Crippen molar-refractivity contribution in [3.8, 4) is 5.75 Å². The number of methoxy groups -OCH3 is 1. The van der Waals surface area contributed by atoms with E-state index in [2.05, 4.69) is 0 Å². The van der Waals surface area contributed by atoms with E-state index < -0.39 is 6.10 Å². The summed E-state index contributed by atoms with van der Waals surface area (Å²) in [5.41, 5.74) is 1.58. The first-order valence-electron chi connectivity index (χ1n) is 7.14. The third-order valence-electron chi connectivity index (χ3n) is 4.10. The highest BCUT2D eigenvalue weighted by molar-refractivity contribution is 5.97. The molecule has 2 atom stereocenters. The molecule has 2 rings (SSSR count). The Bertz CT molecular complexity index is 487. The molecule has 0 aliphatic heterocycles. The zero-order valence-electron chi connectivity index (χ0n) is 12.4. The molecule has 4 heteroatoms. The summed E-state index contributed by atoms with van der Waals surface area (Å²) in [7, 11) is 3.33. The molecule has 0 saturated heterocycles. The molecule has 1 saturated carbocycles. The van der Waals surface area contributed by atoms with Crippen LogP contribution in [0.1, 0.15) is 41.6 Å². The largest absolute Gasteiger partial charge is 0.496 e. The Morgan fingerprint density at radius 2 is 2.05 bits per heavy atom. The number of hydrogen-bond donors (Lipinski definition) is 1. The van der Waals surface area contributed by atoms with Crippen LogP contribution in [0, 0.1) is 6.92 Å². The van der Waals surface area contributed by atoms with E-state index in [0.717, 1.165) is 31.2 Å². The second-order valence-corrected chi connectivity index (χ2v) is 5.54. The highest BCUT2D eigenvalue weighted by Crippen LogP contribution is 2.26. The van der Waals surface area contributed by atoms with E-state index in [1.165, 1.54) is 0 Å². The molecule has 20 heavy (non-hydrogen) atoms. The maximum atomic E-state index is 12.7. The molecule has 110 valence electrons. The minimum atomic E-state index is -0.423. The van der Waals surface area contributed by atoms with Gasteiger partial charge in [0.05, 0.1) is 24.8 Å². The van der Waals surface area contributed by atoms with Crippen LogP contribution in [0.2, 0.25) is 0 Å². The predicted octanol–water partition coefficient (Wildman–Crippen LogP) is 2.38. The second-order valence-electron chi connectivity index (χ2n) is 5.54. The molecule has 1 aliphatic rings. The van der Waals surface area contributed by atoms with Crippen LogP contribution in [-0.4, -0.2) is 42.2 Å². The molecule has 1 aromatic rings. The first kappa shape index (κ1) is 14.9.